The van der Waals surface area contributed by atoms with Crippen LogP contribution in [0.4, 0.5) is 5.69 Å². The number of hydrogen-bond donors (Lipinski definition) is 0. The first-order chi connectivity index (χ1) is 15.9. The molecule has 1 fully saturated rings. The molecular formula is C25H26ClN3O3S. The Morgan fingerprint density at radius 1 is 0.848 bits per heavy atom. The summed E-state index contributed by atoms with van der Waals surface area (Å²) in [6, 6.07) is 25.2. The number of halogens is 1. The fraction of sp³-hybridized carbons (Fsp3) is 0.240. The zero-order valence-corrected chi connectivity index (χ0v) is 19.8. The maximum atomic E-state index is 13.4. The van der Waals surface area contributed by atoms with E-state index in [-0.39, 0.29) is 23.9 Å². The van der Waals surface area contributed by atoms with Crippen molar-refractivity contribution in [2.24, 2.45) is 0 Å². The van der Waals surface area contributed by atoms with Crippen LogP contribution < -0.4 is 4.90 Å². The zero-order valence-electron chi connectivity index (χ0n) is 18.2. The van der Waals surface area contributed by atoms with E-state index in [0.29, 0.717) is 31.2 Å². The second kappa shape index (κ2) is 10.4. The highest BCUT2D eigenvalue weighted by Gasteiger charge is 2.30. The Kier molecular flexibility index (Phi) is 7.33. The first-order valence-corrected chi connectivity index (χ1v) is 12.6. The van der Waals surface area contributed by atoms with E-state index in [1.54, 1.807) is 35.2 Å². The van der Waals surface area contributed by atoms with Crippen LogP contribution in [0.3, 0.4) is 0 Å². The molecule has 3 aromatic carbocycles. The number of benzene rings is 3. The van der Waals surface area contributed by atoms with Crippen molar-refractivity contribution < 1.29 is 13.2 Å². The molecule has 3 aromatic rings. The summed E-state index contributed by atoms with van der Waals surface area (Å²) in [5.74, 6) is -0.198. The Balaban J connectivity index is 1.47. The van der Waals surface area contributed by atoms with Gasteiger partial charge in [-0.3, -0.25) is 4.79 Å². The van der Waals surface area contributed by atoms with Gasteiger partial charge in [-0.25, -0.2) is 8.42 Å². The van der Waals surface area contributed by atoms with Crippen LogP contribution in [0.5, 0.6) is 0 Å². The van der Waals surface area contributed by atoms with Gasteiger partial charge in [0, 0.05) is 43.4 Å². The maximum absolute atomic E-state index is 13.4. The normalized spacial score (nSPS) is 14.5. The van der Waals surface area contributed by atoms with Crippen LogP contribution in [0.15, 0.2) is 89.8 Å². The van der Waals surface area contributed by atoms with Crippen molar-refractivity contribution in [1.29, 1.82) is 0 Å². The number of piperazine rings is 1. The molecule has 0 atom stereocenters. The highest BCUT2D eigenvalue weighted by molar-refractivity contribution is 7.89. The fourth-order valence-corrected chi connectivity index (χ4v) is 5.48. The summed E-state index contributed by atoms with van der Waals surface area (Å²) in [5, 5.41) is 0.675. The zero-order chi connectivity index (χ0) is 23.3. The first-order valence-electron chi connectivity index (χ1n) is 10.8. The SMILES string of the molecule is O=C(CN(Cc1ccccc1)S(=O)(=O)c1ccccc1)N1CCN(c2cccc(Cl)c2)CC1. The van der Waals surface area contributed by atoms with Gasteiger partial charge in [-0.2, -0.15) is 4.31 Å². The van der Waals surface area contributed by atoms with E-state index in [2.05, 4.69) is 4.90 Å². The highest BCUT2D eigenvalue weighted by Crippen LogP contribution is 2.22. The number of carbonyl (C=O) groups is 1. The highest BCUT2D eigenvalue weighted by atomic mass is 35.5. The van der Waals surface area contributed by atoms with Gasteiger partial charge in [0.2, 0.25) is 15.9 Å². The molecule has 1 aliphatic rings. The molecule has 0 radical (unpaired) electrons. The smallest absolute Gasteiger partial charge is 0.243 e. The van der Waals surface area contributed by atoms with Crippen LogP contribution in [-0.2, 0) is 21.4 Å². The number of nitrogens with zero attached hydrogens (tertiary/aromatic N) is 3. The molecule has 33 heavy (non-hydrogen) atoms. The summed E-state index contributed by atoms with van der Waals surface area (Å²) in [5.41, 5.74) is 1.85. The Bertz CT molecular complexity index is 1180. The van der Waals surface area contributed by atoms with Crippen molar-refractivity contribution in [2.75, 3.05) is 37.6 Å². The number of amides is 1. The lowest BCUT2D eigenvalue weighted by Crippen LogP contribution is -2.51. The largest absolute Gasteiger partial charge is 0.368 e. The lowest BCUT2D eigenvalue weighted by molar-refractivity contribution is -0.131. The van der Waals surface area contributed by atoms with E-state index < -0.39 is 10.0 Å². The average molecular weight is 484 g/mol. The van der Waals surface area contributed by atoms with Crippen LogP contribution in [0.2, 0.25) is 5.02 Å². The summed E-state index contributed by atoms with van der Waals surface area (Å²) in [6.45, 7) is 2.30. The van der Waals surface area contributed by atoms with E-state index in [1.165, 1.54) is 4.31 Å². The molecule has 8 heteroatoms. The van der Waals surface area contributed by atoms with Crippen molar-refractivity contribution in [1.82, 2.24) is 9.21 Å². The summed E-state index contributed by atoms with van der Waals surface area (Å²) >= 11 is 6.11. The number of sulfonamides is 1. The lowest BCUT2D eigenvalue weighted by Gasteiger charge is -2.37. The summed E-state index contributed by atoms with van der Waals surface area (Å²) < 4.78 is 28.0. The molecule has 1 amide bonds. The van der Waals surface area contributed by atoms with Gasteiger partial charge in [-0.05, 0) is 35.9 Å². The molecule has 0 unspecified atom stereocenters. The molecule has 172 valence electrons. The number of rotatable bonds is 7. The molecule has 0 N–H and O–H groups in total. The standard InChI is InChI=1S/C25H26ClN3O3S/c26-22-10-7-11-23(18-22)27-14-16-28(17-15-27)25(30)20-29(19-21-8-3-1-4-9-21)33(31,32)24-12-5-2-6-13-24/h1-13,18H,14-17,19-20H2. The molecule has 6 nitrogen and oxygen atoms in total. The minimum atomic E-state index is -3.83. The van der Waals surface area contributed by atoms with Crippen LogP contribution in [0.25, 0.3) is 0 Å². The molecule has 1 saturated heterocycles. The van der Waals surface area contributed by atoms with Gasteiger partial charge in [0.1, 0.15) is 0 Å². The van der Waals surface area contributed by atoms with Crippen LogP contribution in [-0.4, -0.2) is 56.3 Å². The number of hydrogen-bond acceptors (Lipinski definition) is 4. The molecule has 4 rings (SSSR count). The number of anilines is 1. The van der Waals surface area contributed by atoms with Crippen molar-refractivity contribution >= 4 is 33.2 Å². The minimum absolute atomic E-state index is 0.131. The van der Waals surface area contributed by atoms with Gasteiger partial charge < -0.3 is 9.80 Å². The van der Waals surface area contributed by atoms with Crippen molar-refractivity contribution in [2.45, 2.75) is 11.4 Å². The molecule has 0 aliphatic carbocycles. The molecule has 1 heterocycles. The van der Waals surface area contributed by atoms with Crippen molar-refractivity contribution in [3.8, 4) is 0 Å². The van der Waals surface area contributed by atoms with Gasteiger partial charge in [-0.1, -0.05) is 66.2 Å². The fourth-order valence-electron chi connectivity index (χ4n) is 3.89. The molecular weight excluding hydrogens is 458 g/mol. The lowest BCUT2D eigenvalue weighted by atomic mass is 10.2. The van der Waals surface area contributed by atoms with Crippen LogP contribution in [0.1, 0.15) is 5.56 Å². The molecule has 1 aliphatic heterocycles. The first kappa shape index (κ1) is 23.3. The second-order valence-corrected chi connectivity index (χ2v) is 10.3. The Morgan fingerprint density at radius 2 is 1.48 bits per heavy atom. The van der Waals surface area contributed by atoms with Crippen LogP contribution in [0, 0.1) is 0 Å². The summed E-state index contributed by atoms with van der Waals surface area (Å²) in [6.07, 6.45) is 0. The van der Waals surface area contributed by atoms with Crippen molar-refractivity contribution in [3.63, 3.8) is 0 Å². The van der Waals surface area contributed by atoms with Crippen molar-refractivity contribution in [3.05, 3.63) is 95.5 Å². The topological polar surface area (TPSA) is 60.9 Å². The van der Waals surface area contributed by atoms with Crippen LogP contribution >= 0.6 is 11.6 Å². The molecule has 0 aromatic heterocycles. The third-order valence-corrected chi connectivity index (χ3v) is 7.74. The monoisotopic (exact) mass is 483 g/mol. The second-order valence-electron chi connectivity index (χ2n) is 7.92. The van der Waals surface area contributed by atoms with Gasteiger partial charge in [0.15, 0.2) is 0 Å². The number of carbonyl (C=O) groups excluding carboxylic acids is 1. The summed E-state index contributed by atoms with van der Waals surface area (Å²) in [7, 11) is -3.83. The maximum Gasteiger partial charge on any atom is 0.243 e. The third-order valence-electron chi connectivity index (χ3n) is 5.70. The molecule has 0 saturated carbocycles. The summed E-state index contributed by atoms with van der Waals surface area (Å²) in [4.78, 5) is 17.2. The predicted molar refractivity (Wildman–Crippen MR) is 131 cm³/mol. The van der Waals surface area contributed by atoms with E-state index >= 15 is 0 Å². The Hall–Kier alpha value is -2.87. The van der Waals surface area contributed by atoms with Gasteiger partial charge >= 0.3 is 0 Å². The van der Waals surface area contributed by atoms with E-state index in [9.17, 15) is 13.2 Å². The van der Waals surface area contributed by atoms with Gasteiger partial charge in [0.05, 0.1) is 11.4 Å². The van der Waals surface area contributed by atoms with E-state index in [1.807, 2.05) is 54.6 Å². The van der Waals surface area contributed by atoms with E-state index in [4.69, 9.17) is 11.6 Å². The van der Waals surface area contributed by atoms with Gasteiger partial charge in [-0.15, -0.1) is 0 Å². The Morgan fingerprint density at radius 3 is 2.12 bits per heavy atom. The average Bonchev–Trinajstić information content (AvgIpc) is 2.85. The molecule has 0 spiro atoms. The Labute approximate surface area is 200 Å². The quantitative estimate of drug-likeness (QED) is 0.511. The molecule has 0 bridgehead atoms. The third kappa shape index (κ3) is 5.74. The van der Waals surface area contributed by atoms with E-state index in [0.717, 1.165) is 11.3 Å². The minimum Gasteiger partial charge on any atom is -0.368 e. The predicted octanol–water partition coefficient (Wildman–Crippen LogP) is 3.88. The van der Waals surface area contributed by atoms with Gasteiger partial charge in [0.25, 0.3) is 0 Å².